The molecule has 1 fully saturated rings. The van der Waals surface area contributed by atoms with Crippen molar-refractivity contribution in [2.24, 2.45) is 0 Å². The molecular formula is C14H18ClNO3. The van der Waals surface area contributed by atoms with Gasteiger partial charge in [0.05, 0.1) is 18.8 Å². The zero-order valence-corrected chi connectivity index (χ0v) is 11.9. The molecule has 1 aromatic rings. The maximum atomic E-state index is 11.7. The van der Waals surface area contributed by atoms with E-state index in [-0.39, 0.29) is 12.1 Å². The van der Waals surface area contributed by atoms with Crippen molar-refractivity contribution in [1.29, 1.82) is 0 Å². The summed E-state index contributed by atoms with van der Waals surface area (Å²) in [6.07, 6.45) is 2.08. The number of carbonyl (C=O) groups excluding carboxylic acids is 1. The van der Waals surface area contributed by atoms with Gasteiger partial charge in [-0.05, 0) is 38.0 Å². The van der Waals surface area contributed by atoms with Crippen LogP contribution in [0, 0.1) is 0 Å². The molecule has 1 heterocycles. The number of esters is 1. The Morgan fingerprint density at radius 3 is 3.00 bits per heavy atom. The Morgan fingerprint density at radius 1 is 1.53 bits per heavy atom. The first kappa shape index (κ1) is 14.2. The molecule has 0 radical (unpaired) electrons. The molecule has 104 valence electrons. The topological polar surface area (TPSA) is 47.6 Å². The lowest BCUT2D eigenvalue weighted by Crippen LogP contribution is -2.33. The van der Waals surface area contributed by atoms with E-state index < -0.39 is 0 Å². The smallest absolute Gasteiger partial charge is 0.340 e. The Morgan fingerprint density at radius 2 is 2.32 bits per heavy atom. The summed E-state index contributed by atoms with van der Waals surface area (Å²) >= 11 is 5.93. The molecule has 0 spiro atoms. The van der Waals surface area contributed by atoms with Crippen molar-refractivity contribution < 1.29 is 14.3 Å². The largest absolute Gasteiger partial charge is 0.465 e. The molecule has 2 rings (SSSR count). The number of rotatable bonds is 3. The van der Waals surface area contributed by atoms with E-state index in [1.54, 1.807) is 12.1 Å². The van der Waals surface area contributed by atoms with Gasteiger partial charge >= 0.3 is 5.97 Å². The fourth-order valence-corrected chi connectivity index (χ4v) is 2.44. The molecule has 19 heavy (non-hydrogen) atoms. The zero-order valence-electron chi connectivity index (χ0n) is 11.1. The average molecular weight is 284 g/mol. The van der Waals surface area contributed by atoms with Crippen LogP contribution in [0.15, 0.2) is 18.2 Å². The molecule has 0 bridgehead atoms. The number of hydrogen-bond donors (Lipinski definition) is 1. The molecule has 0 aliphatic carbocycles. The van der Waals surface area contributed by atoms with Gasteiger partial charge in [0.1, 0.15) is 0 Å². The highest BCUT2D eigenvalue weighted by Crippen LogP contribution is 2.25. The van der Waals surface area contributed by atoms with Crippen molar-refractivity contribution >= 4 is 23.3 Å². The van der Waals surface area contributed by atoms with E-state index in [0.29, 0.717) is 16.6 Å². The molecule has 1 N–H and O–H groups in total. The second kappa shape index (κ2) is 6.26. The number of nitrogens with one attached hydrogen (secondary N) is 1. The highest BCUT2D eigenvalue weighted by Gasteiger charge is 2.21. The minimum atomic E-state index is -0.384. The van der Waals surface area contributed by atoms with Crippen LogP contribution in [0.4, 0.5) is 5.69 Å². The number of halogens is 1. The molecule has 2 unspecified atom stereocenters. The molecule has 4 nitrogen and oxygen atoms in total. The lowest BCUT2D eigenvalue weighted by Gasteiger charge is -2.29. The minimum Gasteiger partial charge on any atom is -0.465 e. The number of anilines is 1. The molecule has 1 aliphatic heterocycles. The molecule has 0 aromatic heterocycles. The normalized spacial score (nSPS) is 22.9. The van der Waals surface area contributed by atoms with E-state index in [4.69, 9.17) is 21.1 Å². The number of benzene rings is 1. The van der Waals surface area contributed by atoms with Gasteiger partial charge in [0.15, 0.2) is 0 Å². The summed E-state index contributed by atoms with van der Waals surface area (Å²) in [7, 11) is 1.36. The van der Waals surface area contributed by atoms with Gasteiger partial charge in [0, 0.05) is 23.4 Å². The number of ether oxygens (including phenoxy) is 2. The second-order valence-corrected chi connectivity index (χ2v) is 5.16. The summed E-state index contributed by atoms with van der Waals surface area (Å²) in [5, 5.41) is 3.90. The lowest BCUT2D eigenvalue weighted by molar-refractivity contribution is 0.0232. The molecule has 0 amide bonds. The monoisotopic (exact) mass is 283 g/mol. The van der Waals surface area contributed by atoms with Crippen LogP contribution in [-0.2, 0) is 9.47 Å². The van der Waals surface area contributed by atoms with Crippen LogP contribution in [0.3, 0.4) is 0 Å². The first-order valence-electron chi connectivity index (χ1n) is 6.36. The van der Waals surface area contributed by atoms with Crippen LogP contribution in [0.5, 0.6) is 0 Å². The zero-order chi connectivity index (χ0) is 13.8. The summed E-state index contributed by atoms with van der Waals surface area (Å²) in [6.45, 7) is 2.79. The van der Waals surface area contributed by atoms with Crippen molar-refractivity contribution in [3.63, 3.8) is 0 Å². The van der Waals surface area contributed by atoms with Gasteiger partial charge in [0.25, 0.3) is 0 Å². The highest BCUT2D eigenvalue weighted by molar-refractivity contribution is 6.31. The van der Waals surface area contributed by atoms with Gasteiger partial charge < -0.3 is 14.8 Å². The first-order chi connectivity index (χ1) is 9.10. The van der Waals surface area contributed by atoms with Crippen LogP contribution < -0.4 is 5.32 Å². The third-order valence-corrected chi connectivity index (χ3v) is 3.47. The van der Waals surface area contributed by atoms with Crippen LogP contribution in [0.2, 0.25) is 5.02 Å². The minimum absolute atomic E-state index is 0.236. The maximum Gasteiger partial charge on any atom is 0.340 e. The van der Waals surface area contributed by atoms with Crippen LogP contribution in [0.25, 0.3) is 0 Å². The van der Waals surface area contributed by atoms with Crippen molar-refractivity contribution in [2.75, 3.05) is 19.0 Å². The second-order valence-electron chi connectivity index (χ2n) is 4.73. The van der Waals surface area contributed by atoms with E-state index in [1.165, 1.54) is 7.11 Å². The first-order valence-corrected chi connectivity index (χ1v) is 6.74. The number of carbonyl (C=O) groups is 1. The standard InChI is InChI=1S/C14H18ClNO3/c1-9-7-11(5-6-19-9)16-13-4-3-10(15)8-12(13)14(17)18-2/h3-4,8-9,11,16H,5-7H2,1-2H3. The predicted octanol–water partition coefficient (Wildman–Crippen LogP) is 3.11. The number of hydrogen-bond acceptors (Lipinski definition) is 4. The molecule has 1 saturated heterocycles. The van der Waals surface area contributed by atoms with Crippen molar-refractivity contribution in [2.45, 2.75) is 31.9 Å². The third kappa shape index (κ3) is 3.61. The summed E-state index contributed by atoms with van der Waals surface area (Å²) in [5.74, 6) is -0.384. The average Bonchev–Trinajstić information content (AvgIpc) is 2.40. The SMILES string of the molecule is COC(=O)c1cc(Cl)ccc1NC1CCOC(C)C1. The van der Waals surface area contributed by atoms with E-state index in [1.807, 2.05) is 6.07 Å². The van der Waals surface area contributed by atoms with Crippen molar-refractivity contribution in [1.82, 2.24) is 0 Å². The van der Waals surface area contributed by atoms with Crippen molar-refractivity contribution in [3.8, 4) is 0 Å². The molecule has 0 saturated carbocycles. The Labute approximate surface area is 118 Å². The third-order valence-electron chi connectivity index (χ3n) is 3.23. The molecule has 1 aliphatic rings. The van der Waals surface area contributed by atoms with Gasteiger partial charge in [-0.2, -0.15) is 0 Å². The Bertz CT molecular complexity index is 464. The summed E-state index contributed by atoms with van der Waals surface area (Å²) in [4.78, 5) is 11.7. The number of methoxy groups -OCH3 is 1. The van der Waals surface area contributed by atoms with Gasteiger partial charge in [-0.15, -0.1) is 0 Å². The van der Waals surface area contributed by atoms with E-state index in [2.05, 4.69) is 12.2 Å². The molecule has 5 heteroatoms. The van der Waals surface area contributed by atoms with Crippen LogP contribution in [0.1, 0.15) is 30.1 Å². The van der Waals surface area contributed by atoms with Gasteiger partial charge in [0.2, 0.25) is 0 Å². The fraction of sp³-hybridized carbons (Fsp3) is 0.500. The Kier molecular flexibility index (Phi) is 4.66. The summed E-state index contributed by atoms with van der Waals surface area (Å²) in [5.41, 5.74) is 1.23. The predicted molar refractivity (Wildman–Crippen MR) is 74.9 cm³/mol. The van der Waals surface area contributed by atoms with E-state index in [9.17, 15) is 4.79 Å². The van der Waals surface area contributed by atoms with Gasteiger partial charge in [-0.3, -0.25) is 0 Å². The summed E-state index contributed by atoms with van der Waals surface area (Å²) in [6, 6.07) is 5.50. The fourth-order valence-electron chi connectivity index (χ4n) is 2.27. The quantitative estimate of drug-likeness (QED) is 0.866. The highest BCUT2D eigenvalue weighted by atomic mass is 35.5. The Balaban J connectivity index is 2.17. The molecular weight excluding hydrogens is 266 g/mol. The summed E-state index contributed by atoms with van der Waals surface area (Å²) < 4.78 is 10.3. The van der Waals surface area contributed by atoms with Crippen LogP contribution in [-0.4, -0.2) is 31.8 Å². The molecule has 2 atom stereocenters. The van der Waals surface area contributed by atoms with Gasteiger partial charge in [-0.1, -0.05) is 11.6 Å². The van der Waals surface area contributed by atoms with E-state index >= 15 is 0 Å². The maximum absolute atomic E-state index is 11.7. The van der Waals surface area contributed by atoms with Gasteiger partial charge in [-0.25, -0.2) is 4.79 Å². The lowest BCUT2D eigenvalue weighted by atomic mass is 10.0. The van der Waals surface area contributed by atoms with Crippen LogP contribution >= 0.6 is 11.6 Å². The Hall–Kier alpha value is -1.26. The van der Waals surface area contributed by atoms with E-state index in [0.717, 1.165) is 25.1 Å². The molecule has 1 aromatic carbocycles. The van der Waals surface area contributed by atoms with Crippen molar-refractivity contribution in [3.05, 3.63) is 28.8 Å².